The Balaban J connectivity index is 1.05. The van der Waals surface area contributed by atoms with Crippen LogP contribution in [0, 0.1) is 50.2 Å². The molecule has 0 amide bonds. The summed E-state index contributed by atoms with van der Waals surface area (Å²) in [4.78, 5) is 72.7. The number of rotatable bonds is 10. The number of allylic oxidation sites excluding steroid dienone is 2. The van der Waals surface area contributed by atoms with E-state index in [0.717, 1.165) is 62.5 Å². The summed E-state index contributed by atoms with van der Waals surface area (Å²) in [6.07, 6.45) is 10.5. The number of likely N-dealkylation sites (tertiary alicyclic amines) is 1. The molecule has 1 unspecified atom stereocenters. The van der Waals surface area contributed by atoms with E-state index in [1.807, 2.05) is 80.6 Å². The SMILES string of the molecule is CCc1oc(=O)oc1COC(=O)[C@]1(C)[C@@H](N2CCCC2C(C)=O)CC[C@@]2(C)[C@H]1CC[C@]1(C)[C@@H]2C(=O)C=C2[C@@H]3C[C@@](C)(C(=O)OC(c4ccccc4)c4ccccc4)CC[C@]3(C)CC[C@]21C. The van der Waals surface area contributed by atoms with Gasteiger partial charge in [-0.15, -0.1) is 0 Å². The van der Waals surface area contributed by atoms with Crippen molar-refractivity contribution in [1.82, 2.24) is 4.90 Å². The van der Waals surface area contributed by atoms with Crippen molar-refractivity contribution in [3.05, 3.63) is 106 Å². The van der Waals surface area contributed by atoms with E-state index in [0.29, 0.717) is 38.0 Å². The third-order valence-corrected chi connectivity index (χ3v) is 19.1. The molecular weight excluding hydrogens is 819 g/mol. The summed E-state index contributed by atoms with van der Waals surface area (Å²) in [5.41, 5.74) is -0.115. The lowest BCUT2D eigenvalue weighted by atomic mass is 9.33. The summed E-state index contributed by atoms with van der Waals surface area (Å²) in [5, 5.41) is 0. The standard InChI is InChI=1S/C55H69NO9/c1-9-41-42(64-49(61)63-41)33-62-48(60)55(8)43-22-25-54(7)46(52(43,5)24-23-44(55)56-30-16-21-39(56)34(2)57)40(58)31-37-38-32-51(4,27-26-50(38,3)28-29-53(37,54)6)47(59)65-45(35-17-12-10-13-18-35)36-19-14-11-15-20-36/h10-15,17-20,31,38-39,43-46H,9,16,21-30,32-33H2,1-8H3/t38-,39?,43+,44-,46+,50+,51-,52-,53+,54+,55-/m0/s1. The molecule has 0 N–H and O–H groups in total. The van der Waals surface area contributed by atoms with Gasteiger partial charge in [-0.1, -0.05) is 101 Å². The molecule has 11 atom stereocenters. The van der Waals surface area contributed by atoms with Crippen molar-refractivity contribution < 1.29 is 37.5 Å². The average molecular weight is 888 g/mol. The third kappa shape index (κ3) is 7.08. The average Bonchev–Trinajstić information content (AvgIpc) is 3.93. The second-order valence-electron chi connectivity index (χ2n) is 22.4. The van der Waals surface area contributed by atoms with E-state index in [-0.39, 0.29) is 70.6 Å². The highest BCUT2D eigenvalue weighted by molar-refractivity contribution is 5.96. The molecule has 5 aliphatic carbocycles. The molecule has 10 heteroatoms. The zero-order chi connectivity index (χ0) is 46.3. The molecule has 1 aliphatic heterocycles. The normalized spacial score (nSPS) is 37.9. The predicted octanol–water partition coefficient (Wildman–Crippen LogP) is 10.6. The van der Waals surface area contributed by atoms with Gasteiger partial charge < -0.3 is 18.3 Å². The van der Waals surface area contributed by atoms with Crippen LogP contribution >= 0.6 is 0 Å². The highest BCUT2D eigenvalue weighted by Crippen LogP contribution is 2.75. The molecule has 3 aromatic rings. The number of carbonyl (C=O) groups is 4. The van der Waals surface area contributed by atoms with Crippen LogP contribution in [0.1, 0.15) is 155 Å². The smallest absolute Gasteiger partial charge is 0.457 e. The monoisotopic (exact) mass is 887 g/mol. The number of aryl methyl sites for hydroxylation is 1. The molecule has 65 heavy (non-hydrogen) atoms. The molecule has 2 aromatic carbocycles. The molecule has 0 bridgehead atoms. The number of hydrogen-bond donors (Lipinski definition) is 0. The van der Waals surface area contributed by atoms with Gasteiger partial charge in [0.15, 0.2) is 30.0 Å². The van der Waals surface area contributed by atoms with Crippen molar-refractivity contribution in [1.29, 1.82) is 0 Å². The zero-order valence-electron chi connectivity index (χ0n) is 39.8. The minimum absolute atomic E-state index is 0.0253. The van der Waals surface area contributed by atoms with Crippen LogP contribution in [0.15, 0.2) is 85.9 Å². The second-order valence-corrected chi connectivity index (χ2v) is 22.4. The molecule has 9 rings (SSSR count). The Hall–Kier alpha value is -4.57. The molecule has 6 aliphatic rings. The fraction of sp³-hybridized carbons (Fsp3) is 0.618. The highest BCUT2D eigenvalue weighted by Gasteiger charge is 2.72. The number of carbonyl (C=O) groups excluding carboxylic acids is 4. The lowest BCUT2D eigenvalue weighted by Crippen LogP contribution is -2.70. The number of fused-ring (bicyclic) bond motifs is 7. The molecule has 1 saturated heterocycles. The lowest BCUT2D eigenvalue weighted by molar-refractivity contribution is -0.213. The predicted molar refractivity (Wildman–Crippen MR) is 245 cm³/mol. The van der Waals surface area contributed by atoms with Crippen molar-refractivity contribution in [3.8, 4) is 0 Å². The zero-order valence-corrected chi connectivity index (χ0v) is 39.8. The Morgan fingerprint density at radius 3 is 2.08 bits per heavy atom. The quantitative estimate of drug-likeness (QED) is 0.181. The van der Waals surface area contributed by atoms with Gasteiger partial charge in [-0.05, 0) is 149 Å². The second kappa shape index (κ2) is 16.3. The lowest BCUT2D eigenvalue weighted by Gasteiger charge is -2.70. The molecule has 1 aromatic heterocycles. The fourth-order valence-corrected chi connectivity index (χ4v) is 15.3. The molecule has 348 valence electrons. The van der Waals surface area contributed by atoms with Gasteiger partial charge >= 0.3 is 17.8 Å². The van der Waals surface area contributed by atoms with Crippen LogP contribution in [0.5, 0.6) is 0 Å². The van der Waals surface area contributed by atoms with E-state index in [9.17, 15) is 14.4 Å². The van der Waals surface area contributed by atoms with E-state index in [1.165, 1.54) is 5.57 Å². The molecule has 0 spiro atoms. The first kappa shape index (κ1) is 45.6. The fourth-order valence-electron chi connectivity index (χ4n) is 15.3. The van der Waals surface area contributed by atoms with Crippen LogP contribution in [0.25, 0.3) is 0 Å². The van der Waals surface area contributed by atoms with Crippen molar-refractivity contribution in [2.24, 2.45) is 50.2 Å². The Bertz CT molecular complexity index is 2400. The Morgan fingerprint density at radius 1 is 0.785 bits per heavy atom. The summed E-state index contributed by atoms with van der Waals surface area (Å²) in [7, 11) is 0. The first-order chi connectivity index (χ1) is 30.8. The topological polar surface area (TPSA) is 133 Å². The summed E-state index contributed by atoms with van der Waals surface area (Å²) < 4.78 is 23.4. The van der Waals surface area contributed by atoms with Gasteiger partial charge in [-0.3, -0.25) is 24.1 Å². The van der Waals surface area contributed by atoms with Crippen LogP contribution in [0.2, 0.25) is 0 Å². The van der Waals surface area contributed by atoms with Gasteiger partial charge in [0.25, 0.3) is 0 Å². The number of esters is 2. The number of hydrogen-bond acceptors (Lipinski definition) is 10. The van der Waals surface area contributed by atoms with Crippen LogP contribution in [0.3, 0.4) is 0 Å². The first-order valence-electron chi connectivity index (χ1n) is 24.4. The van der Waals surface area contributed by atoms with Crippen molar-refractivity contribution >= 4 is 23.5 Å². The van der Waals surface area contributed by atoms with E-state index < -0.39 is 39.6 Å². The maximum Gasteiger partial charge on any atom is 0.519 e. The maximum atomic E-state index is 15.5. The van der Waals surface area contributed by atoms with Gasteiger partial charge in [0.1, 0.15) is 5.78 Å². The molecular formula is C55H69NO9. The van der Waals surface area contributed by atoms with Gasteiger partial charge in [0.05, 0.1) is 16.9 Å². The van der Waals surface area contributed by atoms with Gasteiger partial charge in [0, 0.05) is 18.4 Å². The minimum atomic E-state index is -1.07. The van der Waals surface area contributed by atoms with Gasteiger partial charge in [-0.2, -0.15) is 0 Å². The van der Waals surface area contributed by atoms with Gasteiger partial charge in [0.2, 0.25) is 0 Å². The summed E-state index contributed by atoms with van der Waals surface area (Å²) >= 11 is 0. The molecule has 10 nitrogen and oxygen atoms in total. The van der Waals surface area contributed by atoms with Crippen molar-refractivity contribution in [3.63, 3.8) is 0 Å². The first-order valence-corrected chi connectivity index (χ1v) is 24.4. The largest absolute Gasteiger partial charge is 0.519 e. The van der Waals surface area contributed by atoms with Crippen molar-refractivity contribution in [2.45, 2.75) is 157 Å². The molecule has 2 heterocycles. The summed E-state index contributed by atoms with van der Waals surface area (Å²) in [6.45, 7) is 17.5. The highest BCUT2D eigenvalue weighted by atomic mass is 16.6. The van der Waals surface area contributed by atoms with Gasteiger partial charge in [-0.25, -0.2) is 4.79 Å². The molecule has 4 saturated carbocycles. The Morgan fingerprint density at radius 2 is 1.43 bits per heavy atom. The Kier molecular flexibility index (Phi) is 11.5. The number of nitrogens with zero attached hydrogens (tertiary/aromatic N) is 1. The number of ketones is 2. The van der Waals surface area contributed by atoms with Crippen LogP contribution in [-0.2, 0) is 41.7 Å². The Labute approximate surface area is 384 Å². The van der Waals surface area contributed by atoms with E-state index >= 15 is 9.59 Å². The number of Topliss-reactive ketones (excluding diaryl/α,β-unsaturated/α-hetero) is 1. The van der Waals surface area contributed by atoms with Crippen molar-refractivity contribution in [2.75, 3.05) is 6.54 Å². The molecule has 5 fully saturated rings. The van der Waals surface area contributed by atoms with E-state index in [4.69, 9.17) is 18.3 Å². The van der Waals surface area contributed by atoms with E-state index in [2.05, 4.69) is 39.5 Å². The van der Waals surface area contributed by atoms with Crippen LogP contribution in [-0.4, -0.2) is 47.0 Å². The molecule has 0 radical (unpaired) electrons. The summed E-state index contributed by atoms with van der Waals surface area (Å²) in [5.74, 6) is -1.16. The van der Waals surface area contributed by atoms with Crippen LogP contribution in [0.4, 0.5) is 0 Å². The maximum absolute atomic E-state index is 15.5. The van der Waals surface area contributed by atoms with Crippen LogP contribution < -0.4 is 5.82 Å². The number of ether oxygens (including phenoxy) is 2. The summed E-state index contributed by atoms with van der Waals surface area (Å²) in [6, 6.07) is 19.4. The van der Waals surface area contributed by atoms with E-state index in [1.54, 1.807) is 6.92 Å². The third-order valence-electron chi connectivity index (χ3n) is 19.1. The number of benzene rings is 2. The minimum Gasteiger partial charge on any atom is -0.457 e.